The highest BCUT2D eigenvalue weighted by molar-refractivity contribution is 5.90. The lowest BCUT2D eigenvalue weighted by Crippen LogP contribution is -2.35. The van der Waals surface area contributed by atoms with E-state index in [1.54, 1.807) is 49.7 Å². The summed E-state index contributed by atoms with van der Waals surface area (Å²) in [5.74, 6) is 1.66. The lowest BCUT2D eigenvalue weighted by molar-refractivity contribution is 0.112. The van der Waals surface area contributed by atoms with Crippen LogP contribution in [0.25, 0.3) is 0 Å². The third-order valence-electron chi connectivity index (χ3n) is 3.81. The summed E-state index contributed by atoms with van der Waals surface area (Å²) in [7, 11) is 1.60. The number of ether oxygens (including phenoxy) is 3. The quantitative estimate of drug-likeness (QED) is 0.842. The Labute approximate surface area is 146 Å². The van der Waals surface area contributed by atoms with Gasteiger partial charge in [-0.15, -0.1) is 0 Å². The smallest absolute Gasteiger partial charge is 0.319 e. The molecule has 2 heterocycles. The average molecular weight is 343 g/mol. The van der Waals surface area contributed by atoms with Crippen LogP contribution in [0.2, 0.25) is 0 Å². The van der Waals surface area contributed by atoms with Gasteiger partial charge in [-0.25, -0.2) is 9.78 Å². The zero-order valence-corrected chi connectivity index (χ0v) is 14.0. The second-order valence-electron chi connectivity index (χ2n) is 5.60. The molecule has 0 radical (unpaired) electrons. The number of anilines is 1. The Morgan fingerprint density at radius 2 is 2.08 bits per heavy atom. The number of nitrogens with one attached hydrogen (secondary N) is 2. The highest BCUT2D eigenvalue weighted by atomic mass is 16.5. The predicted octanol–water partition coefficient (Wildman–Crippen LogP) is 3.18. The van der Waals surface area contributed by atoms with E-state index in [1.165, 1.54) is 0 Å². The molecule has 132 valence electrons. The SMILES string of the molecule is COc1ccc(Oc2ncccc2NC(=O)NC[C@@H]2CCCO2)cc1. The van der Waals surface area contributed by atoms with Crippen molar-refractivity contribution in [2.45, 2.75) is 18.9 Å². The van der Waals surface area contributed by atoms with Gasteiger partial charge in [0, 0.05) is 19.3 Å². The van der Waals surface area contributed by atoms with Gasteiger partial charge in [-0.2, -0.15) is 0 Å². The minimum absolute atomic E-state index is 0.0923. The minimum atomic E-state index is -0.317. The highest BCUT2D eigenvalue weighted by Gasteiger charge is 2.17. The molecule has 1 saturated heterocycles. The molecule has 0 saturated carbocycles. The Kier molecular flexibility index (Phi) is 5.69. The van der Waals surface area contributed by atoms with Crippen LogP contribution in [0.3, 0.4) is 0 Å². The van der Waals surface area contributed by atoms with Crippen molar-refractivity contribution in [1.29, 1.82) is 0 Å². The van der Waals surface area contributed by atoms with Crippen molar-refractivity contribution in [2.75, 3.05) is 25.6 Å². The van der Waals surface area contributed by atoms with E-state index in [0.717, 1.165) is 25.2 Å². The second-order valence-corrected chi connectivity index (χ2v) is 5.60. The molecule has 3 rings (SSSR count). The summed E-state index contributed by atoms with van der Waals surface area (Å²) >= 11 is 0. The van der Waals surface area contributed by atoms with Crippen LogP contribution < -0.4 is 20.1 Å². The molecule has 1 aromatic heterocycles. The number of carbonyl (C=O) groups excluding carboxylic acids is 1. The molecule has 1 atom stereocenters. The summed E-state index contributed by atoms with van der Waals surface area (Å²) in [6.45, 7) is 1.25. The molecule has 1 aromatic carbocycles. The Hall–Kier alpha value is -2.80. The van der Waals surface area contributed by atoms with Gasteiger partial charge in [0.05, 0.1) is 13.2 Å². The van der Waals surface area contributed by atoms with E-state index in [-0.39, 0.29) is 12.1 Å². The number of pyridine rings is 1. The number of benzene rings is 1. The monoisotopic (exact) mass is 343 g/mol. The summed E-state index contributed by atoms with van der Waals surface area (Å²) in [5, 5.41) is 5.56. The fourth-order valence-corrected chi connectivity index (χ4v) is 2.50. The van der Waals surface area contributed by atoms with Gasteiger partial charge in [-0.3, -0.25) is 0 Å². The molecule has 1 aliphatic heterocycles. The predicted molar refractivity (Wildman–Crippen MR) is 93.3 cm³/mol. The normalized spacial score (nSPS) is 16.3. The van der Waals surface area contributed by atoms with Crippen LogP contribution in [0.1, 0.15) is 12.8 Å². The van der Waals surface area contributed by atoms with Gasteiger partial charge in [0.2, 0.25) is 5.88 Å². The van der Waals surface area contributed by atoms with Crippen LogP contribution in [-0.2, 0) is 4.74 Å². The molecule has 0 spiro atoms. The van der Waals surface area contributed by atoms with Crippen molar-refractivity contribution in [3.63, 3.8) is 0 Å². The molecule has 0 unspecified atom stereocenters. The molecular formula is C18H21N3O4. The molecule has 7 heteroatoms. The van der Waals surface area contributed by atoms with Crippen LogP contribution in [0, 0.1) is 0 Å². The van der Waals surface area contributed by atoms with Crippen LogP contribution in [0.4, 0.5) is 10.5 Å². The molecule has 2 amide bonds. The summed E-state index contributed by atoms with van der Waals surface area (Å²) in [6, 6.07) is 10.3. The maximum absolute atomic E-state index is 12.1. The number of aromatic nitrogens is 1. The summed E-state index contributed by atoms with van der Waals surface area (Å²) in [5.41, 5.74) is 0.489. The minimum Gasteiger partial charge on any atom is -0.497 e. The van der Waals surface area contributed by atoms with E-state index in [4.69, 9.17) is 14.2 Å². The highest BCUT2D eigenvalue weighted by Crippen LogP contribution is 2.28. The molecule has 7 nitrogen and oxygen atoms in total. The van der Waals surface area contributed by atoms with Gasteiger partial charge in [-0.1, -0.05) is 0 Å². The summed E-state index contributed by atoms with van der Waals surface area (Å²) in [6.07, 6.45) is 3.71. The zero-order chi connectivity index (χ0) is 17.5. The van der Waals surface area contributed by atoms with E-state index in [0.29, 0.717) is 23.9 Å². The maximum Gasteiger partial charge on any atom is 0.319 e. The van der Waals surface area contributed by atoms with Crippen LogP contribution >= 0.6 is 0 Å². The van der Waals surface area contributed by atoms with Crippen molar-refractivity contribution in [3.05, 3.63) is 42.6 Å². The molecule has 0 bridgehead atoms. The fourth-order valence-electron chi connectivity index (χ4n) is 2.50. The summed E-state index contributed by atoms with van der Waals surface area (Å²) in [4.78, 5) is 16.3. The lowest BCUT2D eigenvalue weighted by Gasteiger charge is -2.14. The Morgan fingerprint density at radius 1 is 1.28 bits per heavy atom. The van der Waals surface area contributed by atoms with Crippen LogP contribution in [-0.4, -0.2) is 37.4 Å². The van der Waals surface area contributed by atoms with Gasteiger partial charge in [0.1, 0.15) is 17.2 Å². The maximum atomic E-state index is 12.1. The number of nitrogens with zero attached hydrogens (tertiary/aromatic N) is 1. The molecular weight excluding hydrogens is 322 g/mol. The van der Waals surface area contributed by atoms with E-state index in [2.05, 4.69) is 15.6 Å². The second kappa shape index (κ2) is 8.34. The lowest BCUT2D eigenvalue weighted by atomic mass is 10.2. The summed E-state index contributed by atoms with van der Waals surface area (Å²) < 4.78 is 16.4. The largest absolute Gasteiger partial charge is 0.497 e. The molecule has 0 aliphatic carbocycles. The third kappa shape index (κ3) is 4.84. The molecule has 25 heavy (non-hydrogen) atoms. The standard InChI is InChI=1S/C18H21N3O4/c1-23-13-6-8-14(9-7-13)25-17-16(5-2-10-19-17)21-18(22)20-12-15-4-3-11-24-15/h2,5-10,15H,3-4,11-12H2,1H3,(H2,20,21,22)/t15-/m0/s1. The first-order chi connectivity index (χ1) is 12.2. The number of carbonyl (C=O) groups is 1. The van der Waals surface area contributed by atoms with Crippen molar-refractivity contribution < 1.29 is 19.0 Å². The zero-order valence-electron chi connectivity index (χ0n) is 14.0. The van der Waals surface area contributed by atoms with Crippen LogP contribution in [0.5, 0.6) is 17.4 Å². The number of hydrogen-bond acceptors (Lipinski definition) is 5. The van der Waals surface area contributed by atoms with Gasteiger partial charge in [0.15, 0.2) is 0 Å². The van der Waals surface area contributed by atoms with Crippen molar-refractivity contribution in [1.82, 2.24) is 10.3 Å². The van der Waals surface area contributed by atoms with E-state index >= 15 is 0 Å². The van der Waals surface area contributed by atoms with Crippen molar-refractivity contribution >= 4 is 11.7 Å². The number of urea groups is 1. The first-order valence-electron chi connectivity index (χ1n) is 8.18. The van der Waals surface area contributed by atoms with E-state index in [1.807, 2.05) is 0 Å². The number of rotatable bonds is 6. The molecule has 2 N–H and O–H groups in total. The molecule has 1 fully saturated rings. The Balaban J connectivity index is 1.60. The molecule has 2 aromatic rings. The van der Waals surface area contributed by atoms with Crippen LogP contribution in [0.15, 0.2) is 42.6 Å². The van der Waals surface area contributed by atoms with E-state index < -0.39 is 0 Å². The first-order valence-corrected chi connectivity index (χ1v) is 8.18. The van der Waals surface area contributed by atoms with Gasteiger partial charge < -0.3 is 24.8 Å². The van der Waals surface area contributed by atoms with Crippen molar-refractivity contribution in [2.24, 2.45) is 0 Å². The Morgan fingerprint density at radius 3 is 2.80 bits per heavy atom. The molecule has 1 aliphatic rings. The Bertz CT molecular complexity index is 700. The fraction of sp³-hybridized carbons (Fsp3) is 0.333. The first kappa shape index (κ1) is 17.0. The number of amides is 2. The average Bonchev–Trinajstić information content (AvgIpc) is 3.16. The number of hydrogen-bond donors (Lipinski definition) is 2. The van der Waals surface area contributed by atoms with Gasteiger partial charge in [-0.05, 0) is 49.2 Å². The number of methoxy groups -OCH3 is 1. The van der Waals surface area contributed by atoms with Gasteiger partial charge >= 0.3 is 6.03 Å². The topological polar surface area (TPSA) is 81.7 Å². The van der Waals surface area contributed by atoms with E-state index in [9.17, 15) is 4.79 Å². The van der Waals surface area contributed by atoms with Crippen molar-refractivity contribution in [3.8, 4) is 17.4 Å². The van der Waals surface area contributed by atoms with Gasteiger partial charge in [0.25, 0.3) is 0 Å². The third-order valence-corrected chi connectivity index (χ3v) is 3.81.